The Morgan fingerprint density at radius 1 is 1.05 bits per heavy atom. The lowest BCUT2D eigenvalue weighted by molar-refractivity contribution is 0.306. The van der Waals surface area contributed by atoms with E-state index in [0.717, 1.165) is 30.0 Å². The van der Waals surface area contributed by atoms with Crippen LogP contribution in [0.15, 0.2) is 59.7 Å². The molecule has 4 heteroatoms. The molecule has 1 aliphatic rings. The number of hydrogen-bond donors (Lipinski definition) is 1. The maximum atomic E-state index is 5.75. The predicted molar refractivity (Wildman–Crippen MR) is 80.8 cm³/mol. The fraction of sp³-hybridized carbons (Fsp3) is 0.188. The molecule has 0 atom stereocenters. The standard InChI is InChI=1S/C16H17N3O/c17-16-10-11-19(18-16)14-6-8-15(9-7-14)20-12-13-4-2-1-3-5-13/h1-9H,10-12H2,(H2,17,18). The van der Waals surface area contributed by atoms with Gasteiger partial charge in [0.05, 0.1) is 5.69 Å². The molecule has 102 valence electrons. The molecule has 0 spiro atoms. The number of amidine groups is 1. The molecule has 0 aromatic heterocycles. The molecular formula is C16H17N3O. The maximum absolute atomic E-state index is 5.75. The van der Waals surface area contributed by atoms with Crippen molar-refractivity contribution in [2.75, 3.05) is 11.6 Å². The third-order valence-electron chi connectivity index (χ3n) is 3.21. The van der Waals surface area contributed by atoms with E-state index in [4.69, 9.17) is 10.5 Å². The number of benzene rings is 2. The van der Waals surface area contributed by atoms with E-state index < -0.39 is 0 Å². The van der Waals surface area contributed by atoms with Crippen molar-refractivity contribution in [2.24, 2.45) is 10.8 Å². The third-order valence-corrected chi connectivity index (χ3v) is 3.21. The van der Waals surface area contributed by atoms with E-state index in [1.165, 1.54) is 0 Å². The summed E-state index contributed by atoms with van der Waals surface area (Å²) in [5.74, 6) is 1.54. The van der Waals surface area contributed by atoms with E-state index in [2.05, 4.69) is 17.2 Å². The van der Waals surface area contributed by atoms with Gasteiger partial charge in [0.2, 0.25) is 0 Å². The summed E-state index contributed by atoms with van der Waals surface area (Å²) in [4.78, 5) is 0. The van der Waals surface area contributed by atoms with Crippen LogP contribution in [0.3, 0.4) is 0 Å². The van der Waals surface area contributed by atoms with E-state index in [-0.39, 0.29) is 0 Å². The third kappa shape index (κ3) is 2.91. The van der Waals surface area contributed by atoms with Crippen molar-refractivity contribution < 1.29 is 4.74 Å². The van der Waals surface area contributed by atoms with Gasteiger partial charge in [0, 0.05) is 13.0 Å². The Bertz CT molecular complexity index is 593. The molecule has 0 saturated heterocycles. The molecule has 1 heterocycles. The molecule has 2 aromatic rings. The van der Waals surface area contributed by atoms with Crippen LogP contribution < -0.4 is 15.5 Å². The fourth-order valence-electron chi connectivity index (χ4n) is 2.12. The second-order valence-corrected chi connectivity index (χ2v) is 4.73. The van der Waals surface area contributed by atoms with Crippen LogP contribution in [0.5, 0.6) is 5.75 Å². The van der Waals surface area contributed by atoms with Gasteiger partial charge in [-0.15, -0.1) is 0 Å². The molecule has 0 radical (unpaired) electrons. The molecule has 0 unspecified atom stereocenters. The van der Waals surface area contributed by atoms with Gasteiger partial charge in [0.1, 0.15) is 18.2 Å². The molecular weight excluding hydrogens is 250 g/mol. The van der Waals surface area contributed by atoms with Gasteiger partial charge in [0.25, 0.3) is 0 Å². The van der Waals surface area contributed by atoms with Gasteiger partial charge < -0.3 is 10.5 Å². The number of rotatable bonds is 4. The molecule has 2 aromatic carbocycles. The summed E-state index contributed by atoms with van der Waals surface area (Å²) in [5.41, 5.74) is 7.89. The van der Waals surface area contributed by atoms with Gasteiger partial charge in [0.15, 0.2) is 0 Å². The Morgan fingerprint density at radius 2 is 1.80 bits per heavy atom. The van der Waals surface area contributed by atoms with Crippen molar-refractivity contribution in [1.82, 2.24) is 0 Å². The van der Waals surface area contributed by atoms with Gasteiger partial charge in [-0.2, -0.15) is 5.10 Å². The minimum Gasteiger partial charge on any atom is -0.489 e. The number of hydrazone groups is 1. The fourth-order valence-corrected chi connectivity index (χ4v) is 2.12. The Hall–Kier alpha value is -2.49. The molecule has 20 heavy (non-hydrogen) atoms. The highest BCUT2D eigenvalue weighted by Crippen LogP contribution is 2.22. The van der Waals surface area contributed by atoms with Crippen molar-refractivity contribution >= 4 is 11.5 Å². The zero-order valence-corrected chi connectivity index (χ0v) is 11.2. The average Bonchev–Trinajstić information content (AvgIpc) is 2.93. The Kier molecular flexibility index (Phi) is 3.54. The predicted octanol–water partition coefficient (Wildman–Crippen LogP) is 2.75. The van der Waals surface area contributed by atoms with Gasteiger partial charge in [-0.1, -0.05) is 30.3 Å². The number of nitrogens with zero attached hydrogens (tertiary/aromatic N) is 2. The second kappa shape index (κ2) is 5.65. The first kappa shape index (κ1) is 12.5. The summed E-state index contributed by atoms with van der Waals surface area (Å²) in [5, 5.41) is 6.18. The van der Waals surface area contributed by atoms with Gasteiger partial charge in [-0.05, 0) is 29.8 Å². The van der Waals surface area contributed by atoms with Crippen molar-refractivity contribution in [3.63, 3.8) is 0 Å². The van der Waals surface area contributed by atoms with Crippen LogP contribution >= 0.6 is 0 Å². The first-order chi connectivity index (χ1) is 9.81. The van der Waals surface area contributed by atoms with Crippen molar-refractivity contribution in [3.8, 4) is 5.75 Å². The number of hydrogen-bond acceptors (Lipinski definition) is 4. The van der Waals surface area contributed by atoms with Crippen LogP contribution in [0.2, 0.25) is 0 Å². The molecule has 4 nitrogen and oxygen atoms in total. The van der Waals surface area contributed by atoms with E-state index in [0.29, 0.717) is 12.4 Å². The molecule has 0 saturated carbocycles. The van der Waals surface area contributed by atoms with E-state index in [9.17, 15) is 0 Å². The molecule has 1 aliphatic heterocycles. The van der Waals surface area contributed by atoms with Crippen LogP contribution in [0.1, 0.15) is 12.0 Å². The minimum atomic E-state index is 0.578. The zero-order valence-electron chi connectivity index (χ0n) is 11.2. The van der Waals surface area contributed by atoms with Crippen LogP contribution in [-0.4, -0.2) is 12.4 Å². The smallest absolute Gasteiger partial charge is 0.122 e. The summed E-state index contributed by atoms with van der Waals surface area (Å²) in [6, 6.07) is 18.1. The maximum Gasteiger partial charge on any atom is 0.122 e. The highest BCUT2D eigenvalue weighted by Gasteiger charge is 2.13. The van der Waals surface area contributed by atoms with E-state index >= 15 is 0 Å². The molecule has 0 fully saturated rings. The second-order valence-electron chi connectivity index (χ2n) is 4.73. The van der Waals surface area contributed by atoms with Crippen LogP contribution in [0.25, 0.3) is 0 Å². The number of anilines is 1. The normalized spacial score (nSPS) is 14.2. The van der Waals surface area contributed by atoms with Crippen LogP contribution in [0.4, 0.5) is 5.69 Å². The molecule has 0 bridgehead atoms. The monoisotopic (exact) mass is 267 g/mol. The molecule has 3 rings (SSSR count). The Balaban J connectivity index is 1.62. The minimum absolute atomic E-state index is 0.578. The number of ether oxygens (including phenoxy) is 1. The Morgan fingerprint density at radius 3 is 2.45 bits per heavy atom. The van der Waals surface area contributed by atoms with E-state index in [1.54, 1.807) is 0 Å². The molecule has 0 amide bonds. The van der Waals surface area contributed by atoms with Gasteiger partial charge in [-0.3, -0.25) is 5.01 Å². The highest BCUT2D eigenvalue weighted by molar-refractivity contribution is 5.84. The summed E-state index contributed by atoms with van der Waals surface area (Å²) in [6.45, 7) is 1.42. The summed E-state index contributed by atoms with van der Waals surface area (Å²) in [6.07, 6.45) is 0.826. The summed E-state index contributed by atoms with van der Waals surface area (Å²) in [7, 11) is 0. The van der Waals surface area contributed by atoms with Crippen molar-refractivity contribution in [2.45, 2.75) is 13.0 Å². The lowest BCUT2D eigenvalue weighted by Gasteiger charge is -2.14. The topological polar surface area (TPSA) is 50.8 Å². The van der Waals surface area contributed by atoms with Crippen LogP contribution in [-0.2, 0) is 6.61 Å². The average molecular weight is 267 g/mol. The van der Waals surface area contributed by atoms with Crippen molar-refractivity contribution in [1.29, 1.82) is 0 Å². The number of nitrogens with two attached hydrogens (primary N) is 1. The van der Waals surface area contributed by atoms with E-state index in [1.807, 2.05) is 47.5 Å². The first-order valence-electron chi connectivity index (χ1n) is 6.68. The van der Waals surface area contributed by atoms with Gasteiger partial charge >= 0.3 is 0 Å². The lowest BCUT2D eigenvalue weighted by atomic mass is 10.2. The largest absolute Gasteiger partial charge is 0.489 e. The Labute approximate surface area is 118 Å². The van der Waals surface area contributed by atoms with Crippen LogP contribution in [0, 0.1) is 0 Å². The molecule has 2 N–H and O–H groups in total. The lowest BCUT2D eigenvalue weighted by Crippen LogP contribution is -2.11. The first-order valence-corrected chi connectivity index (χ1v) is 6.68. The summed E-state index contributed by atoms with van der Waals surface area (Å²) < 4.78 is 5.75. The quantitative estimate of drug-likeness (QED) is 0.926. The highest BCUT2D eigenvalue weighted by atomic mass is 16.5. The SMILES string of the molecule is NC1=NN(c2ccc(OCc3ccccc3)cc2)CC1. The molecule has 0 aliphatic carbocycles. The zero-order chi connectivity index (χ0) is 13.8. The summed E-state index contributed by atoms with van der Waals surface area (Å²) >= 11 is 0. The van der Waals surface area contributed by atoms with Crippen molar-refractivity contribution in [3.05, 3.63) is 60.2 Å². The van der Waals surface area contributed by atoms with Gasteiger partial charge in [-0.25, -0.2) is 0 Å².